The first kappa shape index (κ1) is 16.3. The molecule has 2 nitrogen and oxygen atoms in total. The Morgan fingerprint density at radius 3 is 2.52 bits per heavy atom. The van der Waals surface area contributed by atoms with E-state index in [1.807, 2.05) is 0 Å². The molecule has 23 heavy (non-hydrogen) atoms. The molecule has 5 heteroatoms. The summed E-state index contributed by atoms with van der Waals surface area (Å²) in [6.07, 6.45) is -1.13. The molecule has 1 aromatic rings. The fourth-order valence-electron chi connectivity index (χ4n) is 4.71. The van der Waals surface area contributed by atoms with Crippen molar-refractivity contribution in [2.24, 2.45) is 16.7 Å². The lowest BCUT2D eigenvalue weighted by Gasteiger charge is -2.43. The van der Waals surface area contributed by atoms with Gasteiger partial charge in [-0.15, -0.1) is 0 Å². The second-order valence-corrected chi connectivity index (χ2v) is 7.90. The summed E-state index contributed by atoms with van der Waals surface area (Å²) in [5.41, 5.74) is -0.693. The Bertz CT molecular complexity index is 633. The molecule has 2 bridgehead atoms. The normalized spacial score (nSPS) is 32.1. The Morgan fingerprint density at radius 2 is 1.96 bits per heavy atom. The SMILES string of the molecule is CC1(C)[C@H]2CC[C@](C)(C2)[C@H]1NC(=O)c1cccc(C(F)(F)F)c1. The molecule has 126 valence electrons. The van der Waals surface area contributed by atoms with E-state index in [2.05, 4.69) is 26.1 Å². The van der Waals surface area contributed by atoms with Gasteiger partial charge in [-0.1, -0.05) is 26.8 Å². The van der Waals surface area contributed by atoms with Gasteiger partial charge >= 0.3 is 6.18 Å². The van der Waals surface area contributed by atoms with E-state index in [0.29, 0.717) is 5.92 Å². The standard InChI is InChI=1S/C18H22F3NO/c1-16(2)13-7-8-17(3,10-13)15(16)22-14(23)11-5-4-6-12(9-11)18(19,20)21/h4-6,9,13,15H,7-8,10H2,1-3H3,(H,22,23)/t13-,15-,17+/m0/s1. The summed E-state index contributed by atoms with van der Waals surface area (Å²) >= 11 is 0. The molecule has 0 aromatic heterocycles. The van der Waals surface area contributed by atoms with Crippen LogP contribution in [0, 0.1) is 16.7 Å². The van der Waals surface area contributed by atoms with Gasteiger partial charge in [0.15, 0.2) is 0 Å². The molecule has 2 aliphatic carbocycles. The molecule has 0 heterocycles. The van der Waals surface area contributed by atoms with Crippen molar-refractivity contribution in [1.82, 2.24) is 5.32 Å². The number of hydrogen-bond acceptors (Lipinski definition) is 1. The summed E-state index contributed by atoms with van der Waals surface area (Å²) in [5, 5.41) is 3.03. The highest BCUT2D eigenvalue weighted by molar-refractivity contribution is 5.94. The number of alkyl halides is 3. The van der Waals surface area contributed by atoms with E-state index in [1.165, 1.54) is 18.6 Å². The Morgan fingerprint density at radius 1 is 1.26 bits per heavy atom. The Balaban J connectivity index is 1.83. The number of carbonyl (C=O) groups is 1. The van der Waals surface area contributed by atoms with Gasteiger partial charge in [-0.05, 0) is 54.2 Å². The minimum Gasteiger partial charge on any atom is -0.348 e. The molecule has 0 unspecified atom stereocenters. The highest BCUT2D eigenvalue weighted by Gasteiger charge is 2.59. The topological polar surface area (TPSA) is 29.1 Å². The molecule has 0 spiro atoms. The number of benzene rings is 1. The van der Waals surface area contributed by atoms with Crippen molar-refractivity contribution in [3.8, 4) is 0 Å². The van der Waals surface area contributed by atoms with Gasteiger partial charge in [0.25, 0.3) is 5.91 Å². The molecule has 2 aliphatic rings. The zero-order valence-corrected chi connectivity index (χ0v) is 13.6. The predicted octanol–water partition coefficient (Wildman–Crippen LogP) is 4.65. The number of rotatable bonds is 2. The van der Waals surface area contributed by atoms with Crippen LogP contribution in [0.5, 0.6) is 0 Å². The Hall–Kier alpha value is -1.52. The van der Waals surface area contributed by atoms with Gasteiger partial charge in [-0.3, -0.25) is 4.79 Å². The lowest BCUT2D eigenvalue weighted by molar-refractivity contribution is -0.137. The molecule has 1 aromatic carbocycles. The molecule has 0 saturated heterocycles. The first-order valence-electron chi connectivity index (χ1n) is 8.02. The zero-order valence-electron chi connectivity index (χ0n) is 13.6. The third-order valence-electron chi connectivity index (χ3n) is 6.00. The van der Waals surface area contributed by atoms with Crippen LogP contribution in [0.3, 0.4) is 0 Å². The van der Waals surface area contributed by atoms with Crippen LogP contribution in [0.1, 0.15) is 56.0 Å². The minimum absolute atomic E-state index is 0.00390. The first-order chi connectivity index (χ1) is 10.5. The molecular formula is C18H22F3NO. The van der Waals surface area contributed by atoms with E-state index in [-0.39, 0.29) is 22.4 Å². The fraction of sp³-hybridized carbons (Fsp3) is 0.611. The number of nitrogens with one attached hydrogen (secondary N) is 1. The number of carbonyl (C=O) groups excluding carboxylic acids is 1. The average molecular weight is 325 g/mol. The van der Waals surface area contributed by atoms with Crippen LogP contribution < -0.4 is 5.32 Å². The molecule has 0 aliphatic heterocycles. The first-order valence-corrected chi connectivity index (χ1v) is 8.02. The summed E-state index contributed by atoms with van der Waals surface area (Å²) < 4.78 is 38.4. The van der Waals surface area contributed by atoms with E-state index in [9.17, 15) is 18.0 Å². The van der Waals surface area contributed by atoms with E-state index in [4.69, 9.17) is 0 Å². The predicted molar refractivity (Wildman–Crippen MR) is 81.9 cm³/mol. The van der Waals surface area contributed by atoms with E-state index in [0.717, 1.165) is 25.0 Å². The van der Waals surface area contributed by atoms with Gasteiger partial charge in [0.05, 0.1) is 5.56 Å². The second kappa shape index (κ2) is 4.99. The summed E-state index contributed by atoms with van der Waals surface area (Å²) in [4.78, 5) is 12.5. The lowest BCUT2D eigenvalue weighted by atomic mass is 9.68. The van der Waals surface area contributed by atoms with Gasteiger partial charge in [0.2, 0.25) is 0 Å². The molecule has 0 radical (unpaired) electrons. The van der Waals surface area contributed by atoms with Gasteiger partial charge in [0.1, 0.15) is 0 Å². The van der Waals surface area contributed by atoms with Crippen LogP contribution in [0.4, 0.5) is 13.2 Å². The van der Waals surface area contributed by atoms with Gasteiger partial charge in [-0.25, -0.2) is 0 Å². The zero-order chi connectivity index (χ0) is 17.0. The van der Waals surface area contributed by atoms with Crippen LogP contribution in [0.2, 0.25) is 0 Å². The Kier molecular flexibility index (Phi) is 3.54. The van der Waals surface area contributed by atoms with Gasteiger partial charge < -0.3 is 5.32 Å². The molecule has 2 fully saturated rings. The van der Waals surface area contributed by atoms with E-state index < -0.39 is 17.6 Å². The highest BCUT2D eigenvalue weighted by atomic mass is 19.4. The van der Waals surface area contributed by atoms with Crippen LogP contribution in [0.25, 0.3) is 0 Å². The molecule has 1 amide bonds. The van der Waals surface area contributed by atoms with E-state index in [1.54, 1.807) is 0 Å². The molecule has 3 atom stereocenters. The summed E-state index contributed by atoms with van der Waals surface area (Å²) in [6, 6.07) is 4.63. The van der Waals surface area contributed by atoms with Crippen molar-refractivity contribution in [2.75, 3.05) is 0 Å². The van der Waals surface area contributed by atoms with Crippen molar-refractivity contribution in [3.63, 3.8) is 0 Å². The number of fused-ring (bicyclic) bond motifs is 2. The third-order valence-corrected chi connectivity index (χ3v) is 6.00. The van der Waals surface area contributed by atoms with Gasteiger partial charge in [-0.2, -0.15) is 13.2 Å². The van der Waals surface area contributed by atoms with Crippen LogP contribution in [0.15, 0.2) is 24.3 Å². The maximum Gasteiger partial charge on any atom is 0.416 e. The molecule has 3 rings (SSSR count). The van der Waals surface area contributed by atoms with Crippen molar-refractivity contribution < 1.29 is 18.0 Å². The third kappa shape index (κ3) is 2.64. The Labute approximate surface area is 134 Å². The molecule has 1 N–H and O–H groups in total. The van der Waals surface area contributed by atoms with Crippen molar-refractivity contribution in [1.29, 1.82) is 0 Å². The second-order valence-electron chi connectivity index (χ2n) is 7.90. The maximum absolute atomic E-state index is 12.8. The number of amides is 1. The lowest BCUT2D eigenvalue weighted by Crippen LogP contribution is -2.52. The monoisotopic (exact) mass is 325 g/mol. The fourth-order valence-corrected chi connectivity index (χ4v) is 4.71. The smallest absolute Gasteiger partial charge is 0.348 e. The van der Waals surface area contributed by atoms with Crippen molar-refractivity contribution in [3.05, 3.63) is 35.4 Å². The molecule has 2 saturated carbocycles. The minimum atomic E-state index is -4.44. The number of hydrogen-bond donors (Lipinski definition) is 1. The molecular weight excluding hydrogens is 303 g/mol. The summed E-state index contributed by atoms with van der Waals surface area (Å²) in [5.74, 6) is 0.155. The van der Waals surface area contributed by atoms with E-state index >= 15 is 0 Å². The van der Waals surface area contributed by atoms with Crippen molar-refractivity contribution >= 4 is 5.91 Å². The average Bonchev–Trinajstić information content (AvgIpc) is 2.94. The quantitative estimate of drug-likeness (QED) is 0.842. The largest absolute Gasteiger partial charge is 0.416 e. The summed E-state index contributed by atoms with van der Waals surface area (Å²) in [7, 11) is 0. The highest BCUT2D eigenvalue weighted by Crippen LogP contribution is 2.62. The number of halogens is 3. The van der Waals surface area contributed by atoms with Crippen LogP contribution in [-0.2, 0) is 6.18 Å². The van der Waals surface area contributed by atoms with Crippen LogP contribution >= 0.6 is 0 Å². The van der Waals surface area contributed by atoms with Crippen molar-refractivity contribution in [2.45, 2.75) is 52.3 Å². The maximum atomic E-state index is 12.8. The summed E-state index contributed by atoms with van der Waals surface area (Å²) in [6.45, 7) is 6.48. The van der Waals surface area contributed by atoms with Crippen LogP contribution in [-0.4, -0.2) is 11.9 Å². The van der Waals surface area contributed by atoms with Gasteiger partial charge in [0, 0.05) is 11.6 Å².